The second-order valence-corrected chi connectivity index (χ2v) is 5.04. The first kappa shape index (κ1) is 15.6. The molecular weight excluding hydrogens is 282 g/mol. The molecule has 1 aromatic heterocycles. The summed E-state index contributed by atoms with van der Waals surface area (Å²) in [5.74, 6) is -0.277. The maximum atomic E-state index is 11.8. The number of nitrogens with zero attached hydrogens (tertiary/aromatic N) is 2. The monoisotopic (exact) mass is 301 g/mol. The van der Waals surface area contributed by atoms with E-state index in [0.29, 0.717) is 12.2 Å². The van der Waals surface area contributed by atoms with E-state index in [2.05, 4.69) is 15.7 Å². The molecule has 7 nitrogen and oxygen atoms in total. The molecule has 2 rings (SSSR count). The van der Waals surface area contributed by atoms with Crippen LogP contribution in [0.15, 0.2) is 42.7 Å². The quantitative estimate of drug-likeness (QED) is 0.749. The number of hydrogen-bond acceptors (Lipinski definition) is 3. The number of amides is 3. The lowest BCUT2D eigenvalue weighted by atomic mass is 10.0. The van der Waals surface area contributed by atoms with E-state index in [4.69, 9.17) is 5.73 Å². The summed E-state index contributed by atoms with van der Waals surface area (Å²) in [5.41, 5.74) is 6.74. The average Bonchev–Trinajstić information content (AvgIpc) is 2.92. The van der Waals surface area contributed by atoms with Crippen molar-refractivity contribution >= 4 is 17.6 Å². The molecule has 1 heterocycles. The van der Waals surface area contributed by atoms with Gasteiger partial charge in [0, 0.05) is 12.7 Å². The normalized spacial score (nSPS) is 11.7. The van der Waals surface area contributed by atoms with Crippen molar-refractivity contribution in [1.82, 2.24) is 15.1 Å². The number of rotatable bonds is 6. The number of nitrogens with two attached hydrogens (primary N) is 1. The van der Waals surface area contributed by atoms with Crippen LogP contribution in [0.3, 0.4) is 0 Å². The first-order valence-corrected chi connectivity index (χ1v) is 6.95. The fraction of sp³-hybridized carbons (Fsp3) is 0.267. The van der Waals surface area contributed by atoms with Gasteiger partial charge in [0.25, 0.3) is 0 Å². The fourth-order valence-electron chi connectivity index (χ4n) is 1.99. The number of urea groups is 1. The van der Waals surface area contributed by atoms with E-state index in [1.807, 2.05) is 37.3 Å². The van der Waals surface area contributed by atoms with Gasteiger partial charge in [0.2, 0.25) is 5.91 Å². The molecule has 4 N–H and O–H groups in total. The van der Waals surface area contributed by atoms with Crippen LogP contribution in [0.5, 0.6) is 0 Å². The molecule has 0 spiro atoms. The van der Waals surface area contributed by atoms with E-state index >= 15 is 0 Å². The van der Waals surface area contributed by atoms with Crippen LogP contribution in [0.4, 0.5) is 10.5 Å². The van der Waals surface area contributed by atoms with Crippen LogP contribution in [0.1, 0.15) is 18.4 Å². The number of carbonyl (C=O) groups is 2. The van der Waals surface area contributed by atoms with Crippen molar-refractivity contribution in [2.24, 2.45) is 5.73 Å². The van der Waals surface area contributed by atoms with E-state index < -0.39 is 5.91 Å². The molecule has 0 saturated carbocycles. The van der Waals surface area contributed by atoms with Crippen LogP contribution >= 0.6 is 0 Å². The largest absolute Gasteiger partial charge is 0.368 e. The van der Waals surface area contributed by atoms with Gasteiger partial charge in [-0.2, -0.15) is 5.10 Å². The molecule has 0 bridgehead atoms. The molecule has 116 valence electrons. The van der Waals surface area contributed by atoms with E-state index in [1.54, 1.807) is 6.20 Å². The van der Waals surface area contributed by atoms with Crippen LogP contribution in [-0.4, -0.2) is 28.3 Å². The van der Waals surface area contributed by atoms with Crippen LogP contribution < -0.4 is 16.4 Å². The number of primary amides is 1. The van der Waals surface area contributed by atoms with Gasteiger partial charge in [0.05, 0.1) is 11.9 Å². The van der Waals surface area contributed by atoms with E-state index in [-0.39, 0.29) is 18.5 Å². The Morgan fingerprint density at radius 2 is 2.05 bits per heavy atom. The molecule has 0 unspecified atom stereocenters. The molecule has 0 aliphatic heterocycles. The maximum absolute atomic E-state index is 11.8. The van der Waals surface area contributed by atoms with Crippen LogP contribution in [0, 0.1) is 0 Å². The third kappa shape index (κ3) is 4.62. The molecule has 0 aliphatic carbocycles. The van der Waals surface area contributed by atoms with Crippen LogP contribution in [0.25, 0.3) is 0 Å². The van der Waals surface area contributed by atoms with Gasteiger partial charge in [0.15, 0.2) is 0 Å². The third-order valence-corrected chi connectivity index (χ3v) is 3.15. The molecule has 7 heteroatoms. The Labute approximate surface area is 128 Å². The number of benzene rings is 1. The summed E-state index contributed by atoms with van der Waals surface area (Å²) < 4.78 is 1.37. The summed E-state index contributed by atoms with van der Waals surface area (Å²) in [6.45, 7) is 2.54. The molecule has 0 radical (unpaired) electrons. The summed E-state index contributed by atoms with van der Waals surface area (Å²) in [6.07, 6.45) is 3.01. The van der Waals surface area contributed by atoms with Gasteiger partial charge in [-0.05, 0) is 11.5 Å². The second kappa shape index (κ2) is 7.26. The van der Waals surface area contributed by atoms with Gasteiger partial charge >= 0.3 is 6.03 Å². The maximum Gasteiger partial charge on any atom is 0.319 e. The number of anilines is 1. The highest BCUT2D eigenvalue weighted by molar-refractivity contribution is 5.88. The number of aromatic nitrogens is 2. The number of carbonyl (C=O) groups excluding carboxylic acids is 2. The van der Waals surface area contributed by atoms with Gasteiger partial charge in [-0.15, -0.1) is 0 Å². The predicted molar refractivity (Wildman–Crippen MR) is 83.3 cm³/mol. The summed E-state index contributed by atoms with van der Waals surface area (Å²) in [6, 6.07) is 9.63. The average molecular weight is 301 g/mol. The lowest BCUT2D eigenvalue weighted by molar-refractivity contribution is -0.118. The molecule has 0 aliphatic rings. The molecule has 3 amide bonds. The van der Waals surface area contributed by atoms with Gasteiger partial charge in [0.1, 0.15) is 6.54 Å². The topological polar surface area (TPSA) is 102 Å². The lowest BCUT2D eigenvalue weighted by Crippen LogP contribution is -2.31. The Morgan fingerprint density at radius 1 is 1.32 bits per heavy atom. The first-order valence-electron chi connectivity index (χ1n) is 6.95. The summed E-state index contributed by atoms with van der Waals surface area (Å²) in [7, 11) is 0. The second-order valence-electron chi connectivity index (χ2n) is 5.04. The standard InChI is InChI=1S/C15H19N5O2/c1-11(12-5-3-2-4-6-12)7-17-15(22)19-13-8-18-20(9-13)10-14(16)21/h2-6,8-9,11H,7,10H2,1H3,(H2,16,21)(H2,17,19,22)/t11-/m1/s1. The first-order chi connectivity index (χ1) is 10.5. The van der Waals surface area contributed by atoms with Crippen molar-refractivity contribution in [1.29, 1.82) is 0 Å². The van der Waals surface area contributed by atoms with Crippen molar-refractivity contribution in [3.63, 3.8) is 0 Å². The van der Waals surface area contributed by atoms with Crippen molar-refractivity contribution in [2.45, 2.75) is 19.4 Å². The Morgan fingerprint density at radius 3 is 2.73 bits per heavy atom. The van der Waals surface area contributed by atoms with Gasteiger partial charge in [-0.3, -0.25) is 9.48 Å². The summed E-state index contributed by atoms with van der Waals surface area (Å²) >= 11 is 0. The Kier molecular flexibility index (Phi) is 5.13. The lowest BCUT2D eigenvalue weighted by Gasteiger charge is -2.13. The Bertz CT molecular complexity index is 638. The fourth-order valence-corrected chi connectivity index (χ4v) is 1.99. The Hall–Kier alpha value is -2.83. The molecule has 0 fully saturated rings. The highest BCUT2D eigenvalue weighted by Crippen LogP contribution is 2.13. The molecule has 0 saturated heterocycles. The third-order valence-electron chi connectivity index (χ3n) is 3.15. The van der Waals surface area contributed by atoms with E-state index in [9.17, 15) is 9.59 Å². The van der Waals surface area contributed by atoms with Crippen molar-refractivity contribution in [3.05, 3.63) is 48.3 Å². The molecular formula is C15H19N5O2. The zero-order valence-corrected chi connectivity index (χ0v) is 12.3. The van der Waals surface area contributed by atoms with Crippen molar-refractivity contribution < 1.29 is 9.59 Å². The summed E-state index contributed by atoms with van der Waals surface area (Å²) in [5, 5.41) is 9.38. The number of hydrogen-bond donors (Lipinski definition) is 3. The SMILES string of the molecule is C[C@H](CNC(=O)Nc1cnn(CC(N)=O)c1)c1ccccc1. The minimum absolute atomic E-state index is 0.0195. The zero-order chi connectivity index (χ0) is 15.9. The molecule has 2 aromatic rings. The zero-order valence-electron chi connectivity index (χ0n) is 12.3. The van der Waals surface area contributed by atoms with Crippen LogP contribution in [0.2, 0.25) is 0 Å². The Balaban J connectivity index is 1.80. The molecule has 22 heavy (non-hydrogen) atoms. The number of nitrogens with one attached hydrogen (secondary N) is 2. The predicted octanol–water partition coefficient (Wildman–Crippen LogP) is 1.29. The van der Waals surface area contributed by atoms with Crippen LogP contribution in [-0.2, 0) is 11.3 Å². The van der Waals surface area contributed by atoms with E-state index in [1.165, 1.54) is 10.9 Å². The van der Waals surface area contributed by atoms with Gasteiger partial charge in [-0.25, -0.2) is 4.79 Å². The minimum Gasteiger partial charge on any atom is -0.368 e. The van der Waals surface area contributed by atoms with Crippen molar-refractivity contribution in [2.75, 3.05) is 11.9 Å². The minimum atomic E-state index is -0.490. The highest BCUT2D eigenvalue weighted by Gasteiger charge is 2.08. The smallest absolute Gasteiger partial charge is 0.319 e. The highest BCUT2D eigenvalue weighted by atomic mass is 16.2. The van der Waals surface area contributed by atoms with Gasteiger partial charge in [-0.1, -0.05) is 37.3 Å². The van der Waals surface area contributed by atoms with E-state index in [0.717, 1.165) is 5.56 Å². The van der Waals surface area contributed by atoms with Gasteiger partial charge < -0.3 is 16.4 Å². The molecule has 1 atom stereocenters. The molecule has 1 aromatic carbocycles. The summed E-state index contributed by atoms with van der Waals surface area (Å²) in [4.78, 5) is 22.6. The van der Waals surface area contributed by atoms with Crippen molar-refractivity contribution in [3.8, 4) is 0 Å².